The van der Waals surface area contributed by atoms with Gasteiger partial charge in [0, 0.05) is 13.0 Å². The zero-order chi connectivity index (χ0) is 10.1. The Hall–Kier alpha value is -0.570. The predicted octanol–water partition coefficient (Wildman–Crippen LogP) is 0.920. The monoisotopic (exact) mass is 197 g/mol. The summed E-state index contributed by atoms with van der Waals surface area (Å²) in [6, 6.07) is 0. The maximum absolute atomic E-state index is 11.5. The van der Waals surface area contributed by atoms with Crippen LogP contribution < -0.4 is 5.32 Å². The first-order valence-corrected chi connectivity index (χ1v) is 5.62. The largest absolute Gasteiger partial charge is 0.393 e. The summed E-state index contributed by atoms with van der Waals surface area (Å²) in [5.74, 6) is 1.07. The molecule has 2 N–H and O–H groups in total. The lowest BCUT2D eigenvalue weighted by molar-refractivity contribution is -0.130. The minimum atomic E-state index is -0.135. The van der Waals surface area contributed by atoms with Crippen LogP contribution in [0.1, 0.15) is 32.1 Å². The van der Waals surface area contributed by atoms with Crippen molar-refractivity contribution in [2.75, 3.05) is 7.05 Å². The van der Waals surface area contributed by atoms with Gasteiger partial charge >= 0.3 is 0 Å². The Balaban J connectivity index is 2.03. The number of carbonyl (C=O) groups excluding carboxylic acids is 1. The fourth-order valence-corrected chi connectivity index (χ4v) is 3.13. The van der Waals surface area contributed by atoms with Crippen molar-refractivity contribution in [2.45, 2.75) is 38.2 Å². The van der Waals surface area contributed by atoms with Gasteiger partial charge in [-0.3, -0.25) is 4.79 Å². The van der Waals surface area contributed by atoms with E-state index in [1.54, 1.807) is 7.05 Å². The molecule has 1 amide bonds. The van der Waals surface area contributed by atoms with Crippen LogP contribution in [0.25, 0.3) is 0 Å². The molecule has 0 aromatic carbocycles. The fraction of sp³-hybridized carbons (Fsp3) is 0.909. The van der Waals surface area contributed by atoms with Crippen LogP contribution in [0, 0.1) is 17.8 Å². The van der Waals surface area contributed by atoms with Gasteiger partial charge in [-0.1, -0.05) is 6.42 Å². The van der Waals surface area contributed by atoms with Crippen molar-refractivity contribution in [3.05, 3.63) is 0 Å². The van der Waals surface area contributed by atoms with E-state index in [1.165, 1.54) is 6.42 Å². The van der Waals surface area contributed by atoms with E-state index >= 15 is 0 Å². The van der Waals surface area contributed by atoms with Crippen LogP contribution >= 0.6 is 0 Å². The van der Waals surface area contributed by atoms with Crippen molar-refractivity contribution in [2.24, 2.45) is 17.8 Å². The molecule has 2 fully saturated rings. The normalized spacial score (nSPS) is 41.9. The van der Waals surface area contributed by atoms with E-state index in [4.69, 9.17) is 0 Å². The van der Waals surface area contributed by atoms with Crippen LogP contribution in [0.3, 0.4) is 0 Å². The SMILES string of the molecule is CNC(=O)C1C[C@H]2CCC[C@H](C1)C2O. The van der Waals surface area contributed by atoms with Crippen LogP contribution in [0.5, 0.6) is 0 Å². The van der Waals surface area contributed by atoms with Crippen molar-refractivity contribution in [3.63, 3.8) is 0 Å². The molecule has 2 saturated carbocycles. The van der Waals surface area contributed by atoms with Gasteiger partial charge in [-0.25, -0.2) is 0 Å². The second kappa shape index (κ2) is 3.89. The van der Waals surface area contributed by atoms with Crippen molar-refractivity contribution in [1.82, 2.24) is 5.32 Å². The summed E-state index contributed by atoms with van der Waals surface area (Å²) in [4.78, 5) is 11.5. The molecule has 2 aliphatic rings. The van der Waals surface area contributed by atoms with Crippen LogP contribution in [0.2, 0.25) is 0 Å². The van der Waals surface area contributed by atoms with Crippen LogP contribution in [-0.2, 0) is 4.79 Å². The Morgan fingerprint density at radius 3 is 2.36 bits per heavy atom. The Labute approximate surface area is 84.9 Å². The summed E-state index contributed by atoms with van der Waals surface area (Å²) in [7, 11) is 1.70. The van der Waals surface area contributed by atoms with Gasteiger partial charge in [0.05, 0.1) is 6.10 Å². The fourth-order valence-electron chi connectivity index (χ4n) is 3.13. The number of hydrogen-bond donors (Lipinski definition) is 2. The number of hydrogen-bond acceptors (Lipinski definition) is 2. The zero-order valence-electron chi connectivity index (χ0n) is 8.70. The molecule has 0 spiro atoms. The maximum Gasteiger partial charge on any atom is 0.222 e. The van der Waals surface area contributed by atoms with E-state index in [0.717, 1.165) is 25.7 Å². The van der Waals surface area contributed by atoms with E-state index in [0.29, 0.717) is 11.8 Å². The predicted molar refractivity (Wildman–Crippen MR) is 53.6 cm³/mol. The molecular formula is C11H19NO2. The number of aliphatic hydroxyl groups excluding tert-OH is 1. The molecule has 2 aliphatic carbocycles. The highest BCUT2D eigenvalue weighted by Gasteiger charge is 2.41. The number of carbonyl (C=O) groups is 1. The molecule has 0 unspecified atom stereocenters. The second-order valence-corrected chi connectivity index (χ2v) is 4.72. The van der Waals surface area contributed by atoms with Crippen molar-refractivity contribution in [3.8, 4) is 0 Å². The molecule has 0 radical (unpaired) electrons. The highest BCUT2D eigenvalue weighted by Crippen LogP contribution is 2.42. The molecule has 0 aliphatic heterocycles. The molecule has 3 nitrogen and oxygen atoms in total. The summed E-state index contributed by atoms with van der Waals surface area (Å²) >= 11 is 0. The van der Waals surface area contributed by atoms with Gasteiger partial charge < -0.3 is 10.4 Å². The maximum atomic E-state index is 11.5. The first kappa shape index (κ1) is 9.97. The average molecular weight is 197 g/mol. The molecule has 80 valence electrons. The Morgan fingerprint density at radius 1 is 1.29 bits per heavy atom. The Bertz CT molecular complexity index is 215. The highest BCUT2D eigenvalue weighted by molar-refractivity contribution is 5.78. The molecule has 14 heavy (non-hydrogen) atoms. The number of rotatable bonds is 1. The smallest absolute Gasteiger partial charge is 0.222 e. The highest BCUT2D eigenvalue weighted by atomic mass is 16.3. The van der Waals surface area contributed by atoms with Gasteiger partial charge in [-0.15, -0.1) is 0 Å². The lowest BCUT2D eigenvalue weighted by Crippen LogP contribution is -2.44. The van der Waals surface area contributed by atoms with Gasteiger partial charge in [-0.2, -0.15) is 0 Å². The molecular weight excluding hydrogens is 178 g/mol. The van der Waals surface area contributed by atoms with Crippen LogP contribution in [0.4, 0.5) is 0 Å². The summed E-state index contributed by atoms with van der Waals surface area (Å²) < 4.78 is 0. The number of fused-ring (bicyclic) bond motifs is 2. The summed E-state index contributed by atoms with van der Waals surface area (Å²) in [5, 5.41) is 12.6. The average Bonchev–Trinajstić information content (AvgIpc) is 2.16. The summed E-state index contributed by atoms with van der Waals surface area (Å²) in [6.45, 7) is 0. The molecule has 0 heterocycles. The third kappa shape index (κ3) is 1.65. The van der Waals surface area contributed by atoms with E-state index in [1.807, 2.05) is 0 Å². The van der Waals surface area contributed by atoms with Crippen molar-refractivity contribution < 1.29 is 9.90 Å². The molecule has 0 aromatic rings. The van der Waals surface area contributed by atoms with E-state index < -0.39 is 0 Å². The molecule has 2 rings (SSSR count). The zero-order valence-corrected chi connectivity index (χ0v) is 8.70. The van der Waals surface area contributed by atoms with Crippen LogP contribution in [-0.4, -0.2) is 24.2 Å². The topological polar surface area (TPSA) is 49.3 Å². The van der Waals surface area contributed by atoms with E-state index in [2.05, 4.69) is 5.32 Å². The van der Waals surface area contributed by atoms with Gasteiger partial charge in [0.25, 0.3) is 0 Å². The van der Waals surface area contributed by atoms with Gasteiger partial charge in [-0.05, 0) is 37.5 Å². The van der Waals surface area contributed by atoms with E-state index in [9.17, 15) is 9.90 Å². The quantitative estimate of drug-likeness (QED) is 0.656. The third-order valence-electron chi connectivity index (χ3n) is 3.91. The molecule has 2 atom stereocenters. The van der Waals surface area contributed by atoms with Gasteiger partial charge in [0.1, 0.15) is 0 Å². The van der Waals surface area contributed by atoms with Gasteiger partial charge in [0.15, 0.2) is 0 Å². The number of aliphatic hydroxyl groups is 1. The number of amides is 1. The Morgan fingerprint density at radius 2 is 1.86 bits per heavy atom. The first-order chi connectivity index (χ1) is 6.72. The minimum Gasteiger partial charge on any atom is -0.393 e. The van der Waals surface area contributed by atoms with Gasteiger partial charge in [0.2, 0.25) is 5.91 Å². The molecule has 2 bridgehead atoms. The Kier molecular flexibility index (Phi) is 2.77. The molecule has 0 aromatic heterocycles. The molecule has 0 saturated heterocycles. The van der Waals surface area contributed by atoms with Crippen LogP contribution in [0.15, 0.2) is 0 Å². The lowest BCUT2D eigenvalue weighted by atomic mass is 9.66. The molecule has 3 heteroatoms. The van der Waals surface area contributed by atoms with Crippen molar-refractivity contribution in [1.29, 1.82) is 0 Å². The number of nitrogens with one attached hydrogen (secondary N) is 1. The van der Waals surface area contributed by atoms with Crippen molar-refractivity contribution >= 4 is 5.91 Å². The standard InChI is InChI=1S/C11H19NO2/c1-12-11(14)9-5-7-3-2-4-8(6-9)10(7)13/h7-10,13H,2-6H2,1H3,(H,12,14)/t7-,8-,9?,10?/m1/s1. The second-order valence-electron chi connectivity index (χ2n) is 4.72. The summed E-state index contributed by atoms with van der Waals surface area (Å²) in [5.41, 5.74) is 0. The third-order valence-corrected chi connectivity index (χ3v) is 3.91. The lowest BCUT2D eigenvalue weighted by Gasteiger charge is -2.42. The minimum absolute atomic E-state index is 0.135. The first-order valence-electron chi connectivity index (χ1n) is 5.62. The van der Waals surface area contributed by atoms with E-state index in [-0.39, 0.29) is 17.9 Å². The summed E-state index contributed by atoms with van der Waals surface area (Å²) in [6.07, 6.45) is 5.07.